The van der Waals surface area contributed by atoms with E-state index in [1.165, 1.54) is 38.5 Å². The molecule has 2 heteroatoms. The molecule has 0 saturated carbocycles. The summed E-state index contributed by atoms with van der Waals surface area (Å²) in [5.41, 5.74) is 1.10. The molecule has 0 aliphatic heterocycles. The van der Waals surface area contributed by atoms with E-state index in [-0.39, 0.29) is 0 Å². The van der Waals surface area contributed by atoms with Crippen molar-refractivity contribution in [1.29, 1.82) is 0 Å². The number of hydrogen-bond donors (Lipinski definition) is 1. The lowest BCUT2D eigenvalue weighted by Gasteiger charge is -2.10. The van der Waals surface area contributed by atoms with Crippen molar-refractivity contribution >= 4 is 5.69 Å². The third-order valence-electron chi connectivity index (χ3n) is 2.95. The molecule has 0 saturated heterocycles. The van der Waals surface area contributed by atoms with Gasteiger partial charge in [0.15, 0.2) is 0 Å². The van der Waals surface area contributed by atoms with Gasteiger partial charge in [0.05, 0.1) is 12.8 Å². The second-order valence-corrected chi connectivity index (χ2v) is 4.39. The Morgan fingerprint density at radius 1 is 1.00 bits per heavy atom. The molecule has 0 amide bonds. The molecule has 1 aromatic carbocycles. The van der Waals surface area contributed by atoms with Gasteiger partial charge >= 0.3 is 0 Å². The summed E-state index contributed by atoms with van der Waals surface area (Å²) in [6.45, 7) is 3.29. The van der Waals surface area contributed by atoms with Crippen LogP contribution in [0.15, 0.2) is 24.3 Å². The smallest absolute Gasteiger partial charge is 0.141 e. The molecule has 0 bridgehead atoms. The highest BCUT2D eigenvalue weighted by Gasteiger charge is 1.99. The molecule has 0 unspecified atom stereocenters. The van der Waals surface area contributed by atoms with Crippen molar-refractivity contribution in [1.82, 2.24) is 0 Å². The first kappa shape index (κ1) is 13.9. The van der Waals surface area contributed by atoms with Crippen LogP contribution >= 0.6 is 0 Å². The normalized spacial score (nSPS) is 10.2. The molecule has 0 heterocycles. The number of para-hydroxylation sites is 2. The molecular formula is C15H25NO. The van der Waals surface area contributed by atoms with Crippen LogP contribution in [0.4, 0.5) is 5.69 Å². The number of rotatable bonds is 9. The molecule has 0 aliphatic carbocycles. The zero-order valence-electron chi connectivity index (χ0n) is 11.2. The predicted octanol–water partition coefficient (Wildman–Crippen LogP) is 4.47. The Labute approximate surface area is 105 Å². The van der Waals surface area contributed by atoms with Gasteiger partial charge in [-0.2, -0.15) is 0 Å². The van der Waals surface area contributed by atoms with Crippen molar-refractivity contribution in [3.63, 3.8) is 0 Å². The van der Waals surface area contributed by atoms with Gasteiger partial charge in [-0.25, -0.2) is 0 Å². The molecule has 1 rings (SSSR count). The zero-order chi connectivity index (χ0) is 12.3. The van der Waals surface area contributed by atoms with Gasteiger partial charge in [0.1, 0.15) is 5.75 Å². The Hall–Kier alpha value is -1.18. The lowest BCUT2D eigenvalue weighted by molar-refractivity contribution is 0.416. The number of unbranched alkanes of at least 4 members (excludes halogenated alkanes) is 5. The first-order valence-electron chi connectivity index (χ1n) is 6.75. The van der Waals surface area contributed by atoms with Gasteiger partial charge in [0.25, 0.3) is 0 Å². The molecule has 2 nitrogen and oxygen atoms in total. The largest absolute Gasteiger partial charge is 0.495 e. The highest BCUT2D eigenvalue weighted by molar-refractivity contribution is 5.55. The monoisotopic (exact) mass is 235 g/mol. The molecule has 0 radical (unpaired) electrons. The van der Waals surface area contributed by atoms with Gasteiger partial charge in [-0.05, 0) is 18.6 Å². The Balaban J connectivity index is 2.13. The van der Waals surface area contributed by atoms with E-state index in [0.29, 0.717) is 0 Å². The minimum absolute atomic E-state index is 0.929. The summed E-state index contributed by atoms with van der Waals surface area (Å²) in [6.07, 6.45) is 8.00. The fourth-order valence-electron chi connectivity index (χ4n) is 1.92. The van der Waals surface area contributed by atoms with Crippen molar-refractivity contribution < 1.29 is 4.74 Å². The number of nitrogens with one attached hydrogen (secondary N) is 1. The van der Waals surface area contributed by atoms with Gasteiger partial charge in [-0.15, -0.1) is 0 Å². The second kappa shape index (κ2) is 8.91. The standard InChI is InChI=1S/C15H25NO/c1-3-4-5-6-7-10-13-16-14-11-8-9-12-15(14)17-2/h8-9,11-12,16H,3-7,10,13H2,1-2H3. The minimum atomic E-state index is 0.929. The molecule has 0 atom stereocenters. The maximum absolute atomic E-state index is 5.29. The predicted molar refractivity (Wildman–Crippen MR) is 74.9 cm³/mol. The maximum atomic E-state index is 5.29. The lowest BCUT2D eigenvalue weighted by Crippen LogP contribution is -2.02. The van der Waals surface area contributed by atoms with Crippen molar-refractivity contribution in [3.8, 4) is 5.75 Å². The van der Waals surface area contributed by atoms with Crippen LogP contribution in [0, 0.1) is 0 Å². The highest BCUT2D eigenvalue weighted by atomic mass is 16.5. The summed E-state index contributed by atoms with van der Waals surface area (Å²) < 4.78 is 5.29. The Kier molecular flexibility index (Phi) is 7.28. The maximum Gasteiger partial charge on any atom is 0.141 e. The van der Waals surface area contributed by atoms with Crippen molar-refractivity contribution in [2.24, 2.45) is 0 Å². The van der Waals surface area contributed by atoms with Gasteiger partial charge < -0.3 is 10.1 Å². The first-order chi connectivity index (χ1) is 8.38. The van der Waals surface area contributed by atoms with Gasteiger partial charge in [0.2, 0.25) is 0 Å². The van der Waals surface area contributed by atoms with E-state index < -0.39 is 0 Å². The van der Waals surface area contributed by atoms with Gasteiger partial charge in [-0.1, -0.05) is 51.2 Å². The molecule has 1 aromatic rings. The van der Waals surface area contributed by atoms with Crippen LogP contribution < -0.4 is 10.1 Å². The van der Waals surface area contributed by atoms with Crippen molar-refractivity contribution in [2.75, 3.05) is 19.0 Å². The third-order valence-corrected chi connectivity index (χ3v) is 2.95. The van der Waals surface area contributed by atoms with Crippen LogP contribution in [-0.2, 0) is 0 Å². The summed E-state index contributed by atoms with van der Waals surface area (Å²) in [4.78, 5) is 0. The van der Waals surface area contributed by atoms with E-state index in [1.807, 2.05) is 18.2 Å². The third kappa shape index (κ3) is 5.62. The molecule has 96 valence electrons. The topological polar surface area (TPSA) is 21.3 Å². The van der Waals surface area contributed by atoms with E-state index in [1.54, 1.807) is 7.11 Å². The average molecular weight is 235 g/mol. The van der Waals surface area contributed by atoms with E-state index >= 15 is 0 Å². The van der Waals surface area contributed by atoms with E-state index in [2.05, 4.69) is 18.3 Å². The summed E-state index contributed by atoms with van der Waals surface area (Å²) >= 11 is 0. The molecule has 0 spiro atoms. The number of methoxy groups -OCH3 is 1. The molecule has 0 fully saturated rings. The van der Waals surface area contributed by atoms with E-state index in [9.17, 15) is 0 Å². The van der Waals surface area contributed by atoms with E-state index in [4.69, 9.17) is 4.74 Å². The summed E-state index contributed by atoms with van der Waals surface area (Å²) in [5.74, 6) is 0.929. The Morgan fingerprint density at radius 3 is 2.47 bits per heavy atom. The molecule has 1 N–H and O–H groups in total. The van der Waals surface area contributed by atoms with Gasteiger partial charge in [-0.3, -0.25) is 0 Å². The number of benzene rings is 1. The Morgan fingerprint density at radius 2 is 1.71 bits per heavy atom. The number of ether oxygens (including phenoxy) is 1. The molecule has 0 aliphatic rings. The minimum Gasteiger partial charge on any atom is -0.495 e. The first-order valence-corrected chi connectivity index (χ1v) is 6.75. The summed E-state index contributed by atoms with van der Waals surface area (Å²) in [7, 11) is 1.71. The van der Waals surface area contributed by atoms with Gasteiger partial charge in [0, 0.05) is 6.54 Å². The fourth-order valence-corrected chi connectivity index (χ4v) is 1.92. The lowest BCUT2D eigenvalue weighted by atomic mass is 10.1. The number of hydrogen-bond acceptors (Lipinski definition) is 2. The van der Waals surface area contributed by atoms with Crippen LogP contribution in [0.3, 0.4) is 0 Å². The Bertz CT molecular complexity index is 299. The average Bonchev–Trinajstić information content (AvgIpc) is 2.38. The zero-order valence-corrected chi connectivity index (χ0v) is 11.2. The molecular weight excluding hydrogens is 210 g/mol. The highest BCUT2D eigenvalue weighted by Crippen LogP contribution is 2.22. The van der Waals surface area contributed by atoms with Crippen LogP contribution in [0.5, 0.6) is 5.75 Å². The van der Waals surface area contributed by atoms with Crippen LogP contribution in [0.2, 0.25) is 0 Å². The van der Waals surface area contributed by atoms with Crippen LogP contribution in [0.25, 0.3) is 0 Å². The summed E-state index contributed by atoms with van der Waals surface area (Å²) in [6, 6.07) is 8.08. The second-order valence-electron chi connectivity index (χ2n) is 4.39. The SMILES string of the molecule is CCCCCCCCNc1ccccc1OC. The van der Waals surface area contributed by atoms with Crippen molar-refractivity contribution in [2.45, 2.75) is 45.4 Å². The number of anilines is 1. The molecule has 0 aromatic heterocycles. The van der Waals surface area contributed by atoms with Crippen LogP contribution in [-0.4, -0.2) is 13.7 Å². The quantitative estimate of drug-likeness (QED) is 0.638. The van der Waals surface area contributed by atoms with Crippen LogP contribution in [0.1, 0.15) is 45.4 Å². The fraction of sp³-hybridized carbons (Fsp3) is 0.600. The molecule has 17 heavy (non-hydrogen) atoms. The summed E-state index contributed by atoms with van der Waals surface area (Å²) in [5, 5.41) is 3.43. The van der Waals surface area contributed by atoms with E-state index in [0.717, 1.165) is 18.0 Å². The van der Waals surface area contributed by atoms with Crippen molar-refractivity contribution in [3.05, 3.63) is 24.3 Å².